The van der Waals surface area contributed by atoms with Crippen LogP contribution in [0.4, 0.5) is 33.2 Å². The number of nitrogens with zero attached hydrogens (tertiary/aromatic N) is 9. The molecule has 0 saturated heterocycles. The Kier molecular flexibility index (Phi) is 75.7. The number of hydrogen-bond donors (Lipinski definition) is 13. The van der Waals surface area contributed by atoms with Gasteiger partial charge in [-0.3, -0.25) is 8.98 Å². The highest BCUT2D eigenvalue weighted by Gasteiger charge is 2.41. The molecule has 0 aromatic rings. The van der Waals surface area contributed by atoms with E-state index in [-0.39, 0.29) is 94.3 Å². The summed E-state index contributed by atoms with van der Waals surface area (Å²) in [6, 6.07) is -8.84. The third-order valence-electron chi connectivity index (χ3n) is 19.5. The van der Waals surface area contributed by atoms with E-state index in [1.165, 1.54) is 35.5 Å². The van der Waals surface area contributed by atoms with Gasteiger partial charge in [-0.2, -0.15) is 8.42 Å². The summed E-state index contributed by atoms with van der Waals surface area (Å²) in [5.41, 5.74) is 32.0. The number of aliphatic carboxylic acids is 1. The van der Waals surface area contributed by atoms with Crippen LogP contribution in [-0.2, 0) is 114 Å². The van der Waals surface area contributed by atoms with E-state index in [9.17, 15) is 85.4 Å². The number of nitrogens with two attached hydrogens (primary N) is 2. The molecule has 0 spiro atoms. The summed E-state index contributed by atoms with van der Waals surface area (Å²) >= 11 is 0. The smallest absolute Gasteiger partial charge is 0.408 e. The predicted octanol–water partition coefficient (Wildman–Crippen LogP) is 12.4. The van der Waals surface area contributed by atoms with Crippen LogP contribution in [0.5, 0.6) is 0 Å². The monoisotopic (exact) mass is 2170 g/mol. The molecule has 0 heterocycles. The number of alkyl halides is 1. The van der Waals surface area contributed by atoms with E-state index in [1.54, 1.807) is 131 Å². The molecule has 6 amide bonds. The van der Waals surface area contributed by atoms with Gasteiger partial charge in [-0.1, -0.05) is 63.0 Å². The van der Waals surface area contributed by atoms with Crippen LogP contribution >= 0.6 is 0 Å². The number of alkyl carbamates (subject to hydrolysis) is 6. The number of halogens is 1. The number of aliphatic hydroxyl groups excluding tert-OH is 4. The van der Waals surface area contributed by atoms with Crippen LogP contribution < -0.4 is 43.4 Å². The Morgan fingerprint density at radius 2 is 0.619 bits per heavy atom. The van der Waals surface area contributed by atoms with Gasteiger partial charge >= 0.3 is 78.3 Å². The van der Waals surface area contributed by atoms with Gasteiger partial charge in [0, 0.05) is 27.4 Å². The van der Waals surface area contributed by atoms with Crippen LogP contribution in [0, 0.1) is 0 Å². The fraction of sp³-hybridized carbons (Fsp3) is 0.835. The molecule has 56 heteroatoms. The number of ether oxygens (including phenoxy) is 12. The first kappa shape index (κ1) is 149. The maximum Gasteiger partial charge on any atom is 0.408 e. The average Bonchev–Trinajstić information content (AvgIpc) is 0.839. The summed E-state index contributed by atoms with van der Waals surface area (Å²) in [7, 11) is -0.312. The molecule has 0 unspecified atom stereocenters. The first-order valence-electron chi connectivity index (χ1n) is 47.1. The molecule has 13 atom stereocenters. The number of hydrogen-bond acceptors (Lipinski definition) is 39. The van der Waals surface area contributed by atoms with Gasteiger partial charge in [-0.05, 0) is 267 Å². The largest absolute Gasteiger partial charge is 0.480 e. The quantitative estimate of drug-likeness (QED) is 0.00393. The standard InChI is InChI=1S/C18H36N4O5Si.C18H37NO6Si.C13H24N4O7S.C12H22N4O5.C12H23NO6.C12H21NO4.C6H13FN2O2/c1-17(2,3)27-16(24)20-14(15(23)25-7)11-10-13(21-22-19)12-26-28(8,9)18(4,5)6;1-17(2,3)25-16(22)19-14(15(21)23-7)11-10-13(20)12-24-26(8,9)18(4,5)6;1-13(2,3)24-12(19)15-10(11(18)22-4)7-6-9(16-17-14)8-23-25(5,20)21;1-12(2,3)21-11(19)14-9(10(18)20-4)6-5-8(7-17)15-16-13;1-12(2,3)19-11(17)13-9(10(16)18-4)6-5-8(15)7-14;1-6-7-8-9(10(14)16-5)13-11(15)17-12(2,3)4;7-3-4(8)1-2-5(9)6(10)11/h13-14H,10-12H2,1-9H3,(H,20,24);13-14,20H,10-12H2,1-9H3,(H,19,22);9-10H,6-8H2,1-5H3,(H,15,19);8-9,17H,5-7H2,1-4H3,(H,14,19);8-9,14-15H,5-7H2,1-4H3,(H,13,17);6,9H,1,7-8H2,2-5H3,(H,13,15);4-5H,1-3,8-9H2,(H,10,11)/t13-,14+;13-,14-;9-,10+;8-,9+;8-,9-;9-;4-,5+/m1011001/s1/i;;;;;;7-1. The number of nitrogens with one attached hydrogen (secondary N) is 6. The number of carbonyl (C=O) groups excluding carboxylic acids is 12. The first-order valence-corrected chi connectivity index (χ1v) is 54.7. The maximum atomic E-state index is 12.0. The van der Waals surface area contributed by atoms with Crippen LogP contribution in [0.15, 0.2) is 28.0 Å². The second-order valence-corrected chi connectivity index (χ2v) is 53.2. The number of methoxy groups -OCH3 is 6. The van der Waals surface area contributed by atoms with Crippen molar-refractivity contribution in [1.82, 2.24) is 31.9 Å². The zero-order chi connectivity index (χ0) is 116. The Bertz CT molecular complexity index is 4190. The molecule has 0 radical (unpaired) electrons. The molecular formula is C91H176FN17O35SSi2. The summed E-state index contributed by atoms with van der Waals surface area (Å²) < 4.78 is 109. The third kappa shape index (κ3) is 85.1. The van der Waals surface area contributed by atoms with Crippen LogP contribution in [0.1, 0.15) is 256 Å². The fourth-order valence-corrected chi connectivity index (χ4v) is 12.4. The second-order valence-electron chi connectivity index (χ2n) is 41.9. The third-order valence-corrected chi connectivity index (χ3v) is 29.0. The van der Waals surface area contributed by atoms with Crippen molar-refractivity contribution in [2.75, 3.05) is 88.6 Å². The molecule has 0 aliphatic heterocycles. The van der Waals surface area contributed by atoms with Gasteiger partial charge in [0.05, 0.1) is 106 Å². The van der Waals surface area contributed by atoms with Crippen molar-refractivity contribution in [1.29, 1.82) is 0 Å². The first-order chi connectivity index (χ1) is 66.9. The molecule has 0 aromatic heterocycles. The molecule has 0 bridgehead atoms. The van der Waals surface area contributed by atoms with Crippen molar-refractivity contribution < 1.29 is 171 Å². The van der Waals surface area contributed by atoms with E-state index in [0.29, 0.717) is 32.1 Å². The van der Waals surface area contributed by atoms with Crippen molar-refractivity contribution >= 4 is 105 Å². The van der Waals surface area contributed by atoms with Gasteiger partial charge in [0.15, 0.2) is 16.6 Å². The van der Waals surface area contributed by atoms with Crippen molar-refractivity contribution in [2.45, 2.75) is 405 Å². The predicted molar refractivity (Wildman–Crippen MR) is 548 cm³/mol. The number of carboxylic acid groups (broad SMARTS) is 1. The highest BCUT2D eigenvalue weighted by atomic mass is 32.2. The summed E-state index contributed by atoms with van der Waals surface area (Å²) in [6.07, 6.45) is 0.0252. The number of carbonyl (C=O) groups is 13. The zero-order valence-corrected chi connectivity index (χ0v) is 95.7. The molecule has 0 aliphatic rings. The average molecular weight is 2170 g/mol. The topological polar surface area (TPSA) is 766 Å². The Morgan fingerprint density at radius 3 is 0.837 bits per heavy atom. The summed E-state index contributed by atoms with van der Waals surface area (Å²) in [5, 5.41) is 70.7. The minimum atomic E-state index is -3.70. The maximum absolute atomic E-state index is 12.0. The number of aliphatic hydroxyl groups is 4. The highest BCUT2D eigenvalue weighted by molar-refractivity contribution is 7.86. The number of esters is 6. The van der Waals surface area contributed by atoms with Crippen LogP contribution in [0.3, 0.4) is 0 Å². The molecule has 15 N–H and O–H groups in total. The lowest BCUT2D eigenvalue weighted by Gasteiger charge is -2.37. The summed E-state index contributed by atoms with van der Waals surface area (Å²) in [4.78, 5) is 159. The van der Waals surface area contributed by atoms with Crippen molar-refractivity contribution in [3.63, 3.8) is 0 Å². The van der Waals surface area contributed by atoms with Gasteiger partial charge in [-0.25, -0.2) is 61.9 Å². The SMILES string of the molecule is C=CCC[C@H](NC(=O)OC(C)(C)C)C(=O)OC.COC(=O)[C@H](CC[C@H](CO)N=[N+]=[N-])NC(=O)OC(C)(C)C.COC(=O)[C@H](CC[C@H](COS(C)(=O)=O)N=[N+]=[N-])NC(=O)OC(C)(C)C.COC(=O)[C@H](CC[C@H](CO[Si](C)(C)C(C)(C)C)N=[N+]=[N-])NC(=O)OC(C)(C)C.COC(=O)[C@H](CC[C@H](O)CO)NC(=O)OC(C)(C)C.COC(=O)[C@H](CC[C@H](O)CO[Si](C)(C)C(C)(C)C)NC(=O)OC(C)(C)C.N[C@@H](C[18F])CC[C@H](N)C(=O)O. The van der Waals surface area contributed by atoms with Gasteiger partial charge < -0.3 is 135 Å². The molecule has 147 heavy (non-hydrogen) atoms. The van der Waals surface area contributed by atoms with E-state index in [4.69, 9.17) is 90.1 Å². The second kappa shape index (κ2) is 74.4. The molecule has 52 nitrogen and oxygen atoms in total. The Balaban J connectivity index is -0.000000315. The molecule has 0 aromatic carbocycles. The van der Waals surface area contributed by atoms with Gasteiger partial charge in [0.2, 0.25) is 0 Å². The molecule has 0 fully saturated rings. The van der Waals surface area contributed by atoms with Crippen LogP contribution in [0.25, 0.3) is 31.3 Å². The van der Waals surface area contributed by atoms with Gasteiger partial charge in [0.1, 0.15) is 82.6 Å². The number of rotatable bonds is 49. The lowest BCUT2D eigenvalue weighted by molar-refractivity contribution is -0.144. The minimum absolute atomic E-state index is 0.0285. The molecule has 0 saturated carbocycles. The van der Waals surface area contributed by atoms with Gasteiger partial charge in [-0.15, -0.1) is 6.58 Å². The van der Waals surface area contributed by atoms with Crippen LogP contribution in [-0.4, -0.2) is 330 Å². The van der Waals surface area contributed by atoms with Crippen molar-refractivity contribution in [3.8, 4) is 0 Å². The van der Waals surface area contributed by atoms with E-state index < -0.39 is 231 Å². The number of allylic oxidation sites excluding steroid dienone is 1. The van der Waals surface area contributed by atoms with Gasteiger partial charge in [0.25, 0.3) is 10.1 Å². The van der Waals surface area contributed by atoms with E-state index in [0.717, 1.165) is 13.4 Å². The minimum Gasteiger partial charge on any atom is -0.480 e. The van der Waals surface area contributed by atoms with E-state index >= 15 is 0 Å². The molecule has 0 aliphatic carbocycles. The molecule has 856 valence electrons. The lowest BCUT2D eigenvalue weighted by Crippen LogP contribution is -2.45. The molecular weight excluding hydrogens is 2000 g/mol. The Labute approximate surface area is 867 Å². The molecule has 0 rings (SSSR count). The van der Waals surface area contributed by atoms with E-state index in [1.807, 2.05) is 0 Å². The lowest BCUT2D eigenvalue weighted by atomic mass is 10.1. The van der Waals surface area contributed by atoms with Crippen molar-refractivity contribution in [2.24, 2.45) is 26.8 Å². The summed E-state index contributed by atoms with van der Waals surface area (Å²) in [5.74, 6) is -4.71. The fourth-order valence-electron chi connectivity index (χ4n) is 9.89. The zero-order valence-electron chi connectivity index (χ0n) is 92.9. The normalized spacial score (nSPS) is 14.2. The highest BCUT2D eigenvalue weighted by Crippen LogP contribution is 2.38. The van der Waals surface area contributed by atoms with E-state index in [2.05, 4.69) is 159 Å². The van der Waals surface area contributed by atoms with Crippen molar-refractivity contribution in [3.05, 3.63) is 44.0 Å². The Morgan fingerprint density at radius 1 is 0.381 bits per heavy atom. The number of carboxylic acids is 1. The Hall–Kier alpha value is -10.5. The van der Waals surface area contributed by atoms with Crippen LogP contribution in [0.2, 0.25) is 36.3 Å². The number of azide groups is 3. The number of amides is 6. The summed E-state index contributed by atoms with van der Waals surface area (Å²) in [6.45, 7) is 54.4.